The van der Waals surface area contributed by atoms with Gasteiger partial charge in [-0.05, 0) is 31.7 Å². The summed E-state index contributed by atoms with van der Waals surface area (Å²) in [5, 5.41) is 0. The van der Waals surface area contributed by atoms with Crippen LogP contribution in [-0.2, 0) is 24.4 Å². The molecule has 0 spiro atoms. The number of hydrogen-bond acceptors (Lipinski definition) is 6. The Morgan fingerprint density at radius 1 is 1.08 bits per heavy atom. The molecule has 2 aromatic rings. The number of ether oxygens (including phenoxy) is 1. The lowest BCUT2D eigenvalue weighted by Gasteiger charge is -2.39. The second kappa shape index (κ2) is 6.96. The molecule has 2 aliphatic heterocycles. The maximum absolute atomic E-state index is 5.50. The summed E-state index contributed by atoms with van der Waals surface area (Å²) in [7, 11) is 0. The van der Waals surface area contributed by atoms with Crippen molar-refractivity contribution in [3.63, 3.8) is 0 Å². The summed E-state index contributed by atoms with van der Waals surface area (Å²) < 4.78 is 7.84. The SMILES string of the molecule is c1cc(N(C2CC2)C2CCN(Cc3cnc4n3CCOC4)CC2)ncn1. The van der Waals surface area contributed by atoms with Gasteiger partial charge in [-0.2, -0.15) is 0 Å². The molecule has 3 aliphatic rings. The second-order valence-corrected chi connectivity index (χ2v) is 7.58. The molecule has 0 radical (unpaired) electrons. The van der Waals surface area contributed by atoms with Gasteiger partial charge in [0.15, 0.2) is 0 Å². The number of likely N-dealkylation sites (tertiary alicyclic amines) is 1. The van der Waals surface area contributed by atoms with Crippen molar-refractivity contribution in [1.29, 1.82) is 0 Å². The van der Waals surface area contributed by atoms with E-state index in [1.54, 1.807) is 6.33 Å². The first-order valence-corrected chi connectivity index (χ1v) is 9.76. The van der Waals surface area contributed by atoms with Crippen LogP contribution in [-0.4, -0.2) is 56.2 Å². The molecule has 0 unspecified atom stereocenters. The van der Waals surface area contributed by atoms with Gasteiger partial charge in [0, 0.05) is 50.7 Å². The van der Waals surface area contributed by atoms with Crippen molar-refractivity contribution >= 4 is 5.82 Å². The van der Waals surface area contributed by atoms with Crippen molar-refractivity contribution in [3.05, 3.63) is 36.3 Å². The van der Waals surface area contributed by atoms with Gasteiger partial charge >= 0.3 is 0 Å². The highest BCUT2D eigenvalue weighted by Crippen LogP contribution is 2.35. The lowest BCUT2D eigenvalue weighted by molar-refractivity contribution is 0.0792. The molecule has 0 atom stereocenters. The van der Waals surface area contributed by atoms with Gasteiger partial charge in [0.1, 0.15) is 24.6 Å². The zero-order valence-corrected chi connectivity index (χ0v) is 15.1. The van der Waals surface area contributed by atoms with Gasteiger partial charge in [0.05, 0.1) is 12.3 Å². The third-order valence-electron chi connectivity index (χ3n) is 5.82. The van der Waals surface area contributed by atoms with E-state index in [-0.39, 0.29) is 0 Å². The predicted molar refractivity (Wildman–Crippen MR) is 97.7 cm³/mol. The summed E-state index contributed by atoms with van der Waals surface area (Å²) in [4.78, 5) is 18.3. The lowest BCUT2D eigenvalue weighted by Crippen LogP contribution is -2.46. The Kier molecular flexibility index (Phi) is 4.34. The van der Waals surface area contributed by atoms with Gasteiger partial charge in [0.25, 0.3) is 0 Å². The summed E-state index contributed by atoms with van der Waals surface area (Å²) in [5.41, 5.74) is 1.33. The Hall–Kier alpha value is -1.99. The van der Waals surface area contributed by atoms with Gasteiger partial charge < -0.3 is 14.2 Å². The molecule has 7 heteroatoms. The molecule has 1 saturated carbocycles. The first-order valence-electron chi connectivity index (χ1n) is 9.76. The first kappa shape index (κ1) is 16.2. The van der Waals surface area contributed by atoms with E-state index in [0.717, 1.165) is 44.4 Å². The highest BCUT2D eigenvalue weighted by Gasteiger charge is 2.36. The summed E-state index contributed by atoms with van der Waals surface area (Å²) in [6.45, 7) is 5.65. The van der Waals surface area contributed by atoms with Crippen LogP contribution >= 0.6 is 0 Å². The Balaban J connectivity index is 1.23. The van der Waals surface area contributed by atoms with Gasteiger partial charge in [-0.25, -0.2) is 15.0 Å². The Bertz CT molecular complexity index is 736. The van der Waals surface area contributed by atoms with Crippen molar-refractivity contribution in [1.82, 2.24) is 24.4 Å². The van der Waals surface area contributed by atoms with Crippen LogP contribution in [0.4, 0.5) is 5.82 Å². The minimum atomic E-state index is 0.599. The number of nitrogens with zero attached hydrogens (tertiary/aromatic N) is 6. The third kappa shape index (κ3) is 3.21. The molecule has 2 aromatic heterocycles. The van der Waals surface area contributed by atoms with E-state index in [9.17, 15) is 0 Å². The molecule has 0 amide bonds. The molecule has 5 rings (SSSR count). The van der Waals surface area contributed by atoms with Crippen LogP contribution in [0.2, 0.25) is 0 Å². The van der Waals surface area contributed by atoms with Crippen LogP contribution < -0.4 is 4.90 Å². The second-order valence-electron chi connectivity index (χ2n) is 7.58. The first-order chi connectivity index (χ1) is 12.9. The smallest absolute Gasteiger partial charge is 0.135 e. The fourth-order valence-corrected chi connectivity index (χ4v) is 4.33. The summed E-state index contributed by atoms with van der Waals surface area (Å²) in [5.74, 6) is 2.18. The topological polar surface area (TPSA) is 59.3 Å². The summed E-state index contributed by atoms with van der Waals surface area (Å²) >= 11 is 0. The molecule has 138 valence electrons. The molecular formula is C19H26N6O. The van der Waals surface area contributed by atoms with Crippen LogP contribution in [0.5, 0.6) is 0 Å². The number of anilines is 1. The van der Waals surface area contributed by atoms with Crippen LogP contribution in [0, 0.1) is 0 Å². The normalized spacial score (nSPS) is 21.5. The van der Waals surface area contributed by atoms with E-state index in [1.165, 1.54) is 31.4 Å². The number of imidazole rings is 1. The molecule has 0 aromatic carbocycles. The van der Waals surface area contributed by atoms with Crippen LogP contribution in [0.25, 0.3) is 0 Å². The standard InChI is InChI=1S/C19H26N6O/c1-2-15(1)25(18-3-6-20-14-22-18)16-4-7-23(8-5-16)12-17-11-21-19-13-26-10-9-24(17)19/h3,6,11,14-16H,1-2,4-5,7-10,12-13H2. The van der Waals surface area contributed by atoms with Crippen molar-refractivity contribution in [2.75, 3.05) is 24.6 Å². The Morgan fingerprint density at radius 3 is 2.69 bits per heavy atom. The highest BCUT2D eigenvalue weighted by molar-refractivity contribution is 5.41. The zero-order chi connectivity index (χ0) is 17.3. The molecular weight excluding hydrogens is 328 g/mol. The van der Waals surface area contributed by atoms with Crippen molar-refractivity contribution in [2.45, 2.75) is 57.5 Å². The molecule has 0 bridgehead atoms. The monoisotopic (exact) mass is 354 g/mol. The quantitative estimate of drug-likeness (QED) is 0.817. The minimum Gasteiger partial charge on any atom is -0.372 e. The average molecular weight is 354 g/mol. The molecule has 7 nitrogen and oxygen atoms in total. The van der Waals surface area contributed by atoms with E-state index < -0.39 is 0 Å². The largest absolute Gasteiger partial charge is 0.372 e. The fourth-order valence-electron chi connectivity index (χ4n) is 4.33. The lowest BCUT2D eigenvalue weighted by atomic mass is 10.0. The molecule has 4 heterocycles. The maximum Gasteiger partial charge on any atom is 0.135 e. The van der Waals surface area contributed by atoms with Gasteiger partial charge in [-0.15, -0.1) is 0 Å². The van der Waals surface area contributed by atoms with E-state index in [2.05, 4.69) is 35.4 Å². The van der Waals surface area contributed by atoms with Gasteiger partial charge in [-0.3, -0.25) is 4.90 Å². The Labute approximate surface area is 154 Å². The van der Waals surface area contributed by atoms with E-state index in [0.29, 0.717) is 18.7 Å². The number of piperidine rings is 1. The molecule has 26 heavy (non-hydrogen) atoms. The Morgan fingerprint density at radius 2 is 1.92 bits per heavy atom. The molecule has 2 fully saturated rings. The van der Waals surface area contributed by atoms with Gasteiger partial charge in [0.2, 0.25) is 0 Å². The average Bonchev–Trinajstić information content (AvgIpc) is 3.45. The van der Waals surface area contributed by atoms with Crippen LogP contribution in [0.1, 0.15) is 37.2 Å². The van der Waals surface area contributed by atoms with Gasteiger partial charge in [-0.1, -0.05) is 0 Å². The molecule has 0 N–H and O–H groups in total. The van der Waals surface area contributed by atoms with E-state index in [4.69, 9.17) is 4.74 Å². The number of fused-ring (bicyclic) bond motifs is 1. The zero-order valence-electron chi connectivity index (χ0n) is 15.1. The van der Waals surface area contributed by atoms with E-state index in [1.807, 2.05) is 12.4 Å². The molecule has 1 saturated heterocycles. The van der Waals surface area contributed by atoms with Crippen LogP contribution in [0.15, 0.2) is 24.8 Å². The predicted octanol–water partition coefficient (Wildman–Crippen LogP) is 1.84. The minimum absolute atomic E-state index is 0.599. The summed E-state index contributed by atoms with van der Waals surface area (Å²) in [6, 6.07) is 3.34. The summed E-state index contributed by atoms with van der Waals surface area (Å²) in [6.07, 6.45) is 10.6. The number of hydrogen-bond donors (Lipinski definition) is 0. The number of aromatic nitrogens is 4. The van der Waals surface area contributed by atoms with Crippen molar-refractivity contribution < 1.29 is 4.74 Å². The third-order valence-corrected chi connectivity index (χ3v) is 5.82. The fraction of sp³-hybridized carbons (Fsp3) is 0.632. The number of rotatable bonds is 5. The van der Waals surface area contributed by atoms with E-state index >= 15 is 0 Å². The maximum atomic E-state index is 5.50. The van der Waals surface area contributed by atoms with Crippen molar-refractivity contribution in [3.8, 4) is 0 Å². The molecule has 1 aliphatic carbocycles. The van der Waals surface area contributed by atoms with Crippen LogP contribution in [0.3, 0.4) is 0 Å². The highest BCUT2D eigenvalue weighted by atomic mass is 16.5. The van der Waals surface area contributed by atoms with Crippen molar-refractivity contribution in [2.24, 2.45) is 0 Å².